The molecule has 1 atom stereocenters. The van der Waals surface area contributed by atoms with E-state index in [1.165, 1.54) is 17.0 Å². The molecule has 9 heteroatoms. The van der Waals surface area contributed by atoms with E-state index in [1.54, 1.807) is 25.1 Å². The minimum atomic E-state index is -0.863. The van der Waals surface area contributed by atoms with E-state index < -0.39 is 23.9 Å². The van der Waals surface area contributed by atoms with Gasteiger partial charge in [-0.2, -0.15) is 0 Å². The van der Waals surface area contributed by atoms with E-state index in [0.717, 1.165) is 5.56 Å². The molecule has 2 aliphatic heterocycles. The predicted molar refractivity (Wildman–Crippen MR) is 142 cm³/mol. The molecule has 0 aromatic heterocycles. The van der Waals surface area contributed by atoms with Crippen LogP contribution in [0.25, 0.3) is 0 Å². The summed E-state index contributed by atoms with van der Waals surface area (Å²) in [6.45, 7) is 10.2. The molecule has 2 aromatic carbocycles. The van der Waals surface area contributed by atoms with Crippen LogP contribution in [0.4, 0.5) is 9.18 Å². The zero-order valence-corrected chi connectivity index (χ0v) is 21.8. The molecule has 0 spiro atoms. The largest absolute Gasteiger partial charge is 0.463 e. The Labute approximate surface area is 222 Å². The van der Waals surface area contributed by atoms with Crippen LogP contribution in [0.2, 0.25) is 0 Å². The quantitative estimate of drug-likeness (QED) is 0.424. The standard InChI is InChI=1S/C29H33FN4O4/c1-4-13-34-24(19-32-14-16-33(17-15-32)27(35)21-11-9-20(3)10-12-21)25(28(36)38-5-2)26(31-29(34)37)22-7-6-8-23(30)18-22/h4,6-12,18,26H,1,5,13-17,19H2,2-3H3,(H,31,37)/t26-/m0/s1. The zero-order valence-electron chi connectivity index (χ0n) is 21.8. The molecule has 0 unspecified atom stereocenters. The highest BCUT2D eigenvalue weighted by Gasteiger charge is 2.39. The highest BCUT2D eigenvalue weighted by Crippen LogP contribution is 2.32. The molecular weight excluding hydrogens is 487 g/mol. The Kier molecular flexibility index (Phi) is 8.58. The monoisotopic (exact) mass is 520 g/mol. The minimum absolute atomic E-state index is 0.0208. The Morgan fingerprint density at radius 1 is 1.13 bits per heavy atom. The number of aryl methyl sites for hydroxylation is 1. The second-order valence-electron chi connectivity index (χ2n) is 9.35. The lowest BCUT2D eigenvalue weighted by atomic mass is 9.94. The smallest absolute Gasteiger partial charge is 0.338 e. The minimum Gasteiger partial charge on any atom is -0.463 e. The van der Waals surface area contributed by atoms with Gasteiger partial charge in [0.15, 0.2) is 0 Å². The van der Waals surface area contributed by atoms with Crippen LogP contribution in [0, 0.1) is 12.7 Å². The summed E-state index contributed by atoms with van der Waals surface area (Å²) in [6, 6.07) is 12.1. The Hall–Kier alpha value is -3.98. The number of urea groups is 1. The molecule has 2 aliphatic rings. The van der Waals surface area contributed by atoms with Crippen molar-refractivity contribution in [2.24, 2.45) is 0 Å². The molecule has 0 radical (unpaired) electrons. The van der Waals surface area contributed by atoms with Crippen molar-refractivity contribution >= 4 is 17.9 Å². The predicted octanol–water partition coefficient (Wildman–Crippen LogP) is 3.66. The lowest BCUT2D eigenvalue weighted by molar-refractivity contribution is -0.139. The van der Waals surface area contributed by atoms with Gasteiger partial charge < -0.3 is 15.0 Å². The lowest BCUT2D eigenvalue weighted by Crippen LogP contribution is -2.53. The van der Waals surface area contributed by atoms with Gasteiger partial charge in [0.2, 0.25) is 0 Å². The summed E-state index contributed by atoms with van der Waals surface area (Å²) in [7, 11) is 0. The molecule has 0 saturated carbocycles. The van der Waals surface area contributed by atoms with Gasteiger partial charge in [-0.1, -0.05) is 35.9 Å². The molecule has 1 saturated heterocycles. The van der Waals surface area contributed by atoms with Gasteiger partial charge in [-0.25, -0.2) is 14.0 Å². The Morgan fingerprint density at radius 2 is 1.84 bits per heavy atom. The lowest BCUT2D eigenvalue weighted by Gasteiger charge is -2.40. The van der Waals surface area contributed by atoms with E-state index in [4.69, 9.17) is 4.74 Å². The van der Waals surface area contributed by atoms with Gasteiger partial charge >= 0.3 is 12.0 Å². The number of amides is 3. The fourth-order valence-electron chi connectivity index (χ4n) is 4.78. The third-order valence-corrected chi connectivity index (χ3v) is 6.76. The molecule has 0 bridgehead atoms. The van der Waals surface area contributed by atoms with Crippen molar-refractivity contribution in [3.05, 3.63) is 95.0 Å². The van der Waals surface area contributed by atoms with Crippen LogP contribution in [-0.4, -0.2) is 78.5 Å². The number of carbonyl (C=O) groups excluding carboxylic acids is 3. The summed E-state index contributed by atoms with van der Waals surface area (Å²) in [6.07, 6.45) is 1.59. The summed E-state index contributed by atoms with van der Waals surface area (Å²) >= 11 is 0. The number of piperazine rings is 1. The first-order valence-corrected chi connectivity index (χ1v) is 12.7. The first-order valence-electron chi connectivity index (χ1n) is 12.7. The maximum Gasteiger partial charge on any atom is 0.338 e. The van der Waals surface area contributed by atoms with Crippen molar-refractivity contribution < 1.29 is 23.5 Å². The molecule has 1 fully saturated rings. The van der Waals surface area contributed by atoms with Crippen LogP contribution in [0.15, 0.2) is 72.5 Å². The van der Waals surface area contributed by atoms with Crippen LogP contribution >= 0.6 is 0 Å². The van der Waals surface area contributed by atoms with Gasteiger partial charge in [0.25, 0.3) is 5.91 Å². The van der Waals surface area contributed by atoms with Crippen LogP contribution in [0.1, 0.15) is 34.5 Å². The fourth-order valence-corrected chi connectivity index (χ4v) is 4.78. The Balaban J connectivity index is 1.61. The highest BCUT2D eigenvalue weighted by molar-refractivity contribution is 5.95. The summed E-state index contributed by atoms with van der Waals surface area (Å²) in [5.74, 6) is -1.06. The van der Waals surface area contributed by atoms with Crippen LogP contribution in [0.3, 0.4) is 0 Å². The summed E-state index contributed by atoms with van der Waals surface area (Å²) < 4.78 is 19.5. The fraction of sp³-hybridized carbons (Fsp3) is 0.345. The topological polar surface area (TPSA) is 82.2 Å². The van der Waals surface area contributed by atoms with E-state index in [2.05, 4.69) is 16.8 Å². The van der Waals surface area contributed by atoms with Crippen molar-refractivity contribution in [3.63, 3.8) is 0 Å². The normalized spacial score (nSPS) is 18.3. The second-order valence-corrected chi connectivity index (χ2v) is 9.35. The maximum atomic E-state index is 14.1. The number of hydrogen-bond acceptors (Lipinski definition) is 5. The maximum absolute atomic E-state index is 14.1. The third kappa shape index (κ3) is 5.94. The van der Waals surface area contributed by atoms with Crippen molar-refractivity contribution in [3.8, 4) is 0 Å². The second kappa shape index (κ2) is 12.0. The van der Waals surface area contributed by atoms with Crippen LogP contribution in [-0.2, 0) is 9.53 Å². The SMILES string of the molecule is C=CCN1C(=O)N[C@@H](c2cccc(F)c2)C(C(=O)OCC)=C1CN1CCN(C(=O)c2ccc(C)cc2)CC1. The number of carbonyl (C=O) groups is 3. The van der Waals surface area contributed by atoms with Crippen molar-refractivity contribution in [1.82, 2.24) is 20.0 Å². The Morgan fingerprint density at radius 3 is 2.47 bits per heavy atom. The van der Waals surface area contributed by atoms with Crippen molar-refractivity contribution in [1.29, 1.82) is 0 Å². The number of nitrogens with one attached hydrogen (secondary N) is 1. The molecular formula is C29H33FN4O4. The van der Waals surface area contributed by atoms with Gasteiger partial charge in [-0.05, 0) is 43.7 Å². The summed E-state index contributed by atoms with van der Waals surface area (Å²) in [4.78, 5) is 44.8. The Bertz CT molecular complexity index is 1240. The molecule has 2 aromatic rings. The number of nitrogens with zero attached hydrogens (tertiary/aromatic N) is 3. The van der Waals surface area contributed by atoms with Gasteiger partial charge in [0.1, 0.15) is 5.82 Å². The van der Waals surface area contributed by atoms with Gasteiger partial charge in [-0.3, -0.25) is 14.6 Å². The number of rotatable bonds is 8. The molecule has 1 N–H and O–H groups in total. The first-order chi connectivity index (χ1) is 18.3. The van der Waals surface area contributed by atoms with E-state index in [1.807, 2.05) is 36.1 Å². The van der Waals surface area contributed by atoms with Crippen LogP contribution < -0.4 is 5.32 Å². The number of ether oxygens (including phenoxy) is 1. The van der Waals surface area contributed by atoms with Crippen molar-refractivity contribution in [2.45, 2.75) is 19.9 Å². The van der Waals surface area contributed by atoms with Gasteiger partial charge in [-0.15, -0.1) is 6.58 Å². The van der Waals surface area contributed by atoms with Gasteiger partial charge in [0, 0.05) is 50.5 Å². The molecule has 38 heavy (non-hydrogen) atoms. The molecule has 2 heterocycles. The molecule has 200 valence electrons. The number of esters is 1. The van der Waals surface area contributed by atoms with E-state index in [0.29, 0.717) is 43.0 Å². The van der Waals surface area contributed by atoms with E-state index in [-0.39, 0.29) is 31.2 Å². The number of hydrogen-bond donors (Lipinski definition) is 1. The van der Waals surface area contributed by atoms with Crippen molar-refractivity contribution in [2.75, 3.05) is 45.9 Å². The molecule has 3 amide bonds. The summed E-state index contributed by atoms with van der Waals surface area (Å²) in [5, 5.41) is 2.84. The molecule has 8 nitrogen and oxygen atoms in total. The molecule has 0 aliphatic carbocycles. The van der Waals surface area contributed by atoms with E-state index in [9.17, 15) is 18.8 Å². The average Bonchev–Trinajstić information content (AvgIpc) is 2.91. The van der Waals surface area contributed by atoms with Crippen LogP contribution in [0.5, 0.6) is 0 Å². The van der Waals surface area contributed by atoms with E-state index >= 15 is 0 Å². The average molecular weight is 521 g/mol. The zero-order chi connectivity index (χ0) is 27.2. The first kappa shape index (κ1) is 27.1. The number of benzene rings is 2. The molecule has 4 rings (SSSR count). The van der Waals surface area contributed by atoms with Gasteiger partial charge in [0.05, 0.1) is 18.2 Å². The third-order valence-electron chi connectivity index (χ3n) is 6.76. The number of halogens is 1. The highest BCUT2D eigenvalue weighted by atomic mass is 19.1. The summed E-state index contributed by atoms with van der Waals surface area (Å²) in [5.41, 5.74) is 2.94.